The molecule has 1 aromatic rings. The lowest BCUT2D eigenvalue weighted by molar-refractivity contribution is 0.0661. The first-order chi connectivity index (χ1) is 9.08. The largest absolute Gasteiger partial charge is 0.475 e. The summed E-state index contributed by atoms with van der Waals surface area (Å²) in [5, 5.41) is 12.4. The fourth-order valence-electron chi connectivity index (χ4n) is 2.87. The van der Waals surface area contributed by atoms with Crippen LogP contribution in [0.2, 0.25) is 0 Å². The van der Waals surface area contributed by atoms with Crippen molar-refractivity contribution in [2.75, 3.05) is 0 Å². The molecule has 2 rings (SSSR count). The molecule has 0 unspecified atom stereocenters. The third-order valence-electron chi connectivity index (χ3n) is 4.20. The first-order valence-electron chi connectivity index (χ1n) is 7.14. The molecular weight excluding hydrogens is 242 g/mol. The Bertz CT molecular complexity index is 433. The number of hydrogen-bond acceptors (Lipinski definition) is 3. The Labute approximate surface area is 114 Å². The molecule has 1 aromatic heterocycles. The molecule has 4 heteroatoms. The maximum Gasteiger partial charge on any atom is 0.371 e. The minimum absolute atomic E-state index is 0.0274. The summed E-state index contributed by atoms with van der Waals surface area (Å²) in [6, 6.07) is 2.10. The standard InChI is InChI=1S/C15H23NO3/c1-10(12-6-4-3-5-7-12)16-9-13-8-14(15(17)18)19-11(13)2/h8,10,12,16H,3-7,9H2,1-2H3,(H,17,18)/t10-/m1/s1. The van der Waals surface area contributed by atoms with E-state index in [0.717, 1.165) is 11.5 Å². The van der Waals surface area contributed by atoms with Gasteiger partial charge >= 0.3 is 5.97 Å². The van der Waals surface area contributed by atoms with E-state index in [4.69, 9.17) is 9.52 Å². The molecule has 0 amide bonds. The average molecular weight is 265 g/mol. The van der Waals surface area contributed by atoms with Crippen molar-refractivity contribution < 1.29 is 14.3 Å². The number of furan rings is 1. The van der Waals surface area contributed by atoms with Gasteiger partial charge in [-0.05, 0) is 38.7 Å². The number of hydrogen-bond donors (Lipinski definition) is 2. The van der Waals surface area contributed by atoms with Gasteiger partial charge in [-0.25, -0.2) is 4.79 Å². The maximum atomic E-state index is 10.8. The zero-order chi connectivity index (χ0) is 13.8. The van der Waals surface area contributed by atoms with Gasteiger partial charge in [-0.1, -0.05) is 19.3 Å². The summed E-state index contributed by atoms with van der Waals surface area (Å²) in [5.74, 6) is 0.468. The SMILES string of the molecule is Cc1oc(C(=O)O)cc1CN[C@H](C)C1CCCCC1. The number of aryl methyl sites for hydroxylation is 1. The van der Waals surface area contributed by atoms with Crippen LogP contribution >= 0.6 is 0 Å². The van der Waals surface area contributed by atoms with Gasteiger partial charge in [-0.3, -0.25) is 0 Å². The summed E-state index contributed by atoms with van der Waals surface area (Å²) in [5.41, 5.74) is 0.944. The summed E-state index contributed by atoms with van der Waals surface area (Å²) in [7, 11) is 0. The van der Waals surface area contributed by atoms with E-state index >= 15 is 0 Å². The molecule has 1 saturated carbocycles. The van der Waals surface area contributed by atoms with Crippen molar-refractivity contribution >= 4 is 5.97 Å². The highest BCUT2D eigenvalue weighted by Gasteiger charge is 2.20. The van der Waals surface area contributed by atoms with Gasteiger partial charge in [0, 0.05) is 18.2 Å². The molecule has 4 nitrogen and oxygen atoms in total. The van der Waals surface area contributed by atoms with Crippen LogP contribution in [0, 0.1) is 12.8 Å². The number of carboxylic acids is 1. The summed E-state index contributed by atoms with van der Waals surface area (Å²) < 4.78 is 5.21. The van der Waals surface area contributed by atoms with Gasteiger partial charge in [0.1, 0.15) is 5.76 Å². The maximum absolute atomic E-state index is 10.8. The van der Waals surface area contributed by atoms with Gasteiger partial charge in [0.05, 0.1) is 0 Å². The van der Waals surface area contributed by atoms with Crippen molar-refractivity contribution in [3.63, 3.8) is 0 Å². The molecule has 106 valence electrons. The highest BCUT2D eigenvalue weighted by molar-refractivity contribution is 5.84. The van der Waals surface area contributed by atoms with Crippen LogP contribution in [0.5, 0.6) is 0 Å². The van der Waals surface area contributed by atoms with Crippen molar-refractivity contribution in [2.24, 2.45) is 5.92 Å². The molecule has 0 aromatic carbocycles. The topological polar surface area (TPSA) is 62.5 Å². The van der Waals surface area contributed by atoms with Crippen molar-refractivity contribution in [2.45, 2.75) is 58.5 Å². The average Bonchev–Trinajstić information content (AvgIpc) is 2.79. The summed E-state index contributed by atoms with van der Waals surface area (Å²) in [4.78, 5) is 10.8. The van der Waals surface area contributed by atoms with Crippen molar-refractivity contribution in [1.29, 1.82) is 0 Å². The smallest absolute Gasteiger partial charge is 0.371 e. The lowest BCUT2D eigenvalue weighted by Crippen LogP contribution is -2.34. The Balaban J connectivity index is 1.89. The van der Waals surface area contributed by atoms with E-state index < -0.39 is 5.97 Å². The molecule has 2 N–H and O–H groups in total. The van der Waals surface area contributed by atoms with Crippen LogP contribution < -0.4 is 5.32 Å². The Kier molecular flexibility index (Phi) is 4.64. The molecule has 1 atom stereocenters. The second-order valence-corrected chi connectivity index (χ2v) is 5.56. The molecule has 0 spiro atoms. The van der Waals surface area contributed by atoms with Crippen LogP contribution in [0.1, 0.15) is 60.9 Å². The predicted octanol–water partition coefficient (Wildman–Crippen LogP) is 3.34. The second kappa shape index (κ2) is 6.24. The van der Waals surface area contributed by atoms with Crippen LogP contribution in [-0.2, 0) is 6.54 Å². The van der Waals surface area contributed by atoms with Gasteiger partial charge in [0.25, 0.3) is 0 Å². The van der Waals surface area contributed by atoms with E-state index in [9.17, 15) is 4.79 Å². The summed E-state index contributed by atoms with van der Waals surface area (Å²) in [6.45, 7) is 4.72. The Hall–Kier alpha value is -1.29. The zero-order valence-corrected chi connectivity index (χ0v) is 11.7. The number of nitrogens with one attached hydrogen (secondary N) is 1. The van der Waals surface area contributed by atoms with E-state index in [1.807, 2.05) is 6.92 Å². The monoisotopic (exact) mass is 265 g/mol. The van der Waals surface area contributed by atoms with E-state index in [-0.39, 0.29) is 5.76 Å². The summed E-state index contributed by atoms with van der Waals surface area (Å²) >= 11 is 0. The van der Waals surface area contributed by atoms with Gasteiger partial charge in [0.2, 0.25) is 5.76 Å². The van der Waals surface area contributed by atoms with E-state index in [1.165, 1.54) is 32.1 Å². The normalized spacial score (nSPS) is 18.4. The minimum Gasteiger partial charge on any atom is -0.475 e. The second-order valence-electron chi connectivity index (χ2n) is 5.56. The lowest BCUT2D eigenvalue weighted by Gasteiger charge is -2.28. The van der Waals surface area contributed by atoms with Crippen LogP contribution in [0.4, 0.5) is 0 Å². The molecule has 0 radical (unpaired) electrons. The molecule has 19 heavy (non-hydrogen) atoms. The highest BCUT2D eigenvalue weighted by atomic mass is 16.4. The number of carbonyl (C=O) groups is 1. The van der Waals surface area contributed by atoms with Gasteiger partial charge in [0.15, 0.2) is 0 Å². The Morgan fingerprint density at radius 3 is 2.74 bits per heavy atom. The first-order valence-corrected chi connectivity index (χ1v) is 7.14. The predicted molar refractivity (Wildman–Crippen MR) is 73.3 cm³/mol. The van der Waals surface area contributed by atoms with Gasteiger partial charge in [-0.15, -0.1) is 0 Å². The molecule has 0 saturated heterocycles. The number of aromatic carboxylic acids is 1. The van der Waals surface area contributed by atoms with E-state index in [1.54, 1.807) is 6.07 Å². The quantitative estimate of drug-likeness (QED) is 0.857. The molecule has 1 aliphatic rings. The van der Waals surface area contributed by atoms with E-state index in [2.05, 4.69) is 12.2 Å². The summed E-state index contributed by atoms with van der Waals surface area (Å²) in [6.07, 6.45) is 6.65. The first kappa shape index (κ1) is 14.1. The Morgan fingerprint density at radius 1 is 1.47 bits per heavy atom. The lowest BCUT2D eigenvalue weighted by atomic mass is 9.84. The van der Waals surface area contributed by atoms with Gasteiger partial charge in [-0.2, -0.15) is 0 Å². The van der Waals surface area contributed by atoms with Crippen LogP contribution in [0.15, 0.2) is 10.5 Å². The number of carboxylic acid groups (broad SMARTS) is 1. The van der Waals surface area contributed by atoms with Crippen LogP contribution in [0.25, 0.3) is 0 Å². The molecule has 1 fully saturated rings. The van der Waals surface area contributed by atoms with Crippen LogP contribution in [0.3, 0.4) is 0 Å². The molecule has 1 heterocycles. The molecule has 1 aliphatic carbocycles. The Morgan fingerprint density at radius 2 is 2.16 bits per heavy atom. The fourth-order valence-corrected chi connectivity index (χ4v) is 2.87. The highest BCUT2D eigenvalue weighted by Crippen LogP contribution is 2.26. The third-order valence-corrected chi connectivity index (χ3v) is 4.20. The van der Waals surface area contributed by atoms with E-state index in [0.29, 0.717) is 18.3 Å². The molecule has 0 bridgehead atoms. The molecular formula is C15H23NO3. The fraction of sp³-hybridized carbons (Fsp3) is 0.667. The molecule has 0 aliphatic heterocycles. The zero-order valence-electron chi connectivity index (χ0n) is 11.7. The van der Waals surface area contributed by atoms with Crippen LogP contribution in [-0.4, -0.2) is 17.1 Å². The van der Waals surface area contributed by atoms with Gasteiger partial charge < -0.3 is 14.8 Å². The minimum atomic E-state index is -1.00. The van der Waals surface area contributed by atoms with Crippen molar-refractivity contribution in [3.8, 4) is 0 Å². The number of rotatable bonds is 5. The third kappa shape index (κ3) is 3.60. The van der Waals surface area contributed by atoms with Crippen molar-refractivity contribution in [3.05, 3.63) is 23.2 Å². The van der Waals surface area contributed by atoms with Crippen molar-refractivity contribution in [1.82, 2.24) is 5.32 Å².